The zero-order chi connectivity index (χ0) is 21.8. The van der Waals surface area contributed by atoms with Crippen LogP contribution in [0.15, 0.2) is 54.6 Å². The summed E-state index contributed by atoms with van der Waals surface area (Å²) in [6, 6.07) is 18.2. The molecule has 0 aliphatic carbocycles. The Morgan fingerprint density at radius 1 is 0.903 bits per heavy atom. The third-order valence-corrected chi connectivity index (χ3v) is 5.62. The molecule has 6 heteroatoms. The Hall–Kier alpha value is -3.41. The average molecular weight is 417 g/mol. The molecule has 31 heavy (non-hydrogen) atoms. The summed E-state index contributed by atoms with van der Waals surface area (Å²) in [6.07, 6.45) is 0. The highest BCUT2D eigenvalue weighted by Crippen LogP contribution is 2.25. The normalized spacial score (nSPS) is 13.9. The van der Waals surface area contributed by atoms with Crippen LogP contribution in [0.2, 0.25) is 0 Å². The van der Waals surface area contributed by atoms with Gasteiger partial charge in [-0.2, -0.15) is 0 Å². The molecule has 1 aromatic heterocycles. The number of nitrogens with zero attached hydrogens (tertiary/aromatic N) is 4. The van der Waals surface area contributed by atoms with Crippen molar-refractivity contribution >= 4 is 11.7 Å². The quantitative estimate of drug-likeness (QED) is 0.633. The van der Waals surface area contributed by atoms with Gasteiger partial charge in [-0.1, -0.05) is 48.0 Å². The van der Waals surface area contributed by atoms with E-state index in [-0.39, 0.29) is 12.5 Å². The molecule has 0 radical (unpaired) electrons. The molecule has 1 fully saturated rings. The van der Waals surface area contributed by atoms with Crippen molar-refractivity contribution in [2.45, 2.75) is 20.8 Å². The lowest BCUT2D eigenvalue weighted by molar-refractivity contribution is -0.133. The Bertz CT molecular complexity index is 1020. The van der Waals surface area contributed by atoms with E-state index in [1.807, 2.05) is 61.2 Å². The molecule has 2 heterocycles. The fourth-order valence-electron chi connectivity index (χ4n) is 4.06. The van der Waals surface area contributed by atoms with Gasteiger partial charge < -0.3 is 14.5 Å². The minimum absolute atomic E-state index is 0.0181. The van der Waals surface area contributed by atoms with Crippen LogP contribution in [0.5, 0.6) is 5.75 Å². The Morgan fingerprint density at radius 2 is 1.58 bits per heavy atom. The van der Waals surface area contributed by atoms with Crippen LogP contribution in [-0.4, -0.2) is 53.8 Å². The number of hydrogen-bond donors (Lipinski definition) is 0. The van der Waals surface area contributed by atoms with E-state index < -0.39 is 0 Å². The van der Waals surface area contributed by atoms with Crippen molar-refractivity contribution in [1.82, 2.24) is 15.1 Å². The molecular weight excluding hydrogens is 388 g/mol. The molecule has 6 nitrogen and oxygen atoms in total. The van der Waals surface area contributed by atoms with E-state index in [2.05, 4.69) is 34.2 Å². The zero-order valence-electron chi connectivity index (χ0n) is 18.3. The van der Waals surface area contributed by atoms with Gasteiger partial charge in [-0.15, -0.1) is 10.2 Å². The van der Waals surface area contributed by atoms with Crippen molar-refractivity contribution < 1.29 is 9.53 Å². The van der Waals surface area contributed by atoms with E-state index in [4.69, 9.17) is 4.74 Å². The number of aryl methyl sites for hydroxylation is 3. The van der Waals surface area contributed by atoms with Crippen LogP contribution in [0.25, 0.3) is 11.3 Å². The third-order valence-electron chi connectivity index (χ3n) is 5.62. The van der Waals surface area contributed by atoms with Crippen LogP contribution in [-0.2, 0) is 4.79 Å². The van der Waals surface area contributed by atoms with Gasteiger partial charge in [0, 0.05) is 31.7 Å². The van der Waals surface area contributed by atoms with Crippen molar-refractivity contribution in [2.24, 2.45) is 0 Å². The lowest BCUT2D eigenvalue weighted by atomic mass is 10.1. The molecular formula is C25H28N4O2. The first kappa shape index (κ1) is 20.8. The Balaban J connectivity index is 1.31. The number of aromatic nitrogens is 2. The van der Waals surface area contributed by atoms with Crippen LogP contribution in [0.4, 0.5) is 5.82 Å². The Morgan fingerprint density at radius 3 is 2.19 bits per heavy atom. The van der Waals surface area contributed by atoms with Crippen LogP contribution in [0, 0.1) is 20.8 Å². The molecule has 0 spiro atoms. The molecule has 0 atom stereocenters. The number of amides is 1. The standard InChI is InChI=1S/C25H28N4O2/c1-18-15-19(2)25(20(3)16-18)31-17-24(30)29-13-11-28(12-14-29)23-10-9-22(26-27-23)21-7-5-4-6-8-21/h4-10,15-16H,11-14,17H2,1-3H3. The molecule has 0 saturated carbocycles. The van der Waals surface area contributed by atoms with Crippen LogP contribution >= 0.6 is 0 Å². The maximum Gasteiger partial charge on any atom is 0.260 e. The Kier molecular flexibility index (Phi) is 6.16. The molecule has 0 N–H and O–H groups in total. The summed E-state index contributed by atoms with van der Waals surface area (Å²) in [7, 11) is 0. The highest BCUT2D eigenvalue weighted by Gasteiger charge is 2.23. The summed E-state index contributed by atoms with van der Waals surface area (Å²) < 4.78 is 5.88. The molecule has 3 aromatic rings. The molecule has 4 rings (SSSR count). The zero-order valence-corrected chi connectivity index (χ0v) is 18.3. The van der Waals surface area contributed by atoms with Gasteiger partial charge >= 0.3 is 0 Å². The number of anilines is 1. The van der Waals surface area contributed by atoms with Crippen LogP contribution < -0.4 is 9.64 Å². The molecule has 1 aliphatic rings. The van der Waals surface area contributed by atoms with Gasteiger partial charge in [0.05, 0.1) is 5.69 Å². The van der Waals surface area contributed by atoms with Crippen molar-refractivity contribution in [3.05, 3.63) is 71.3 Å². The minimum Gasteiger partial charge on any atom is -0.483 e. The number of rotatable bonds is 5. The van der Waals surface area contributed by atoms with E-state index in [0.717, 1.165) is 47.0 Å². The number of ether oxygens (including phenoxy) is 1. The number of benzene rings is 2. The maximum atomic E-state index is 12.7. The van der Waals surface area contributed by atoms with E-state index in [0.29, 0.717) is 13.1 Å². The van der Waals surface area contributed by atoms with Gasteiger partial charge in [0.25, 0.3) is 5.91 Å². The minimum atomic E-state index is 0.0181. The van der Waals surface area contributed by atoms with Gasteiger partial charge in [-0.05, 0) is 44.0 Å². The van der Waals surface area contributed by atoms with Gasteiger partial charge in [0.15, 0.2) is 12.4 Å². The smallest absolute Gasteiger partial charge is 0.260 e. The first-order valence-corrected chi connectivity index (χ1v) is 10.6. The highest BCUT2D eigenvalue weighted by atomic mass is 16.5. The first-order chi connectivity index (χ1) is 15.0. The number of piperazine rings is 1. The highest BCUT2D eigenvalue weighted by molar-refractivity contribution is 5.78. The van der Waals surface area contributed by atoms with E-state index in [1.165, 1.54) is 5.56 Å². The molecule has 2 aromatic carbocycles. The summed E-state index contributed by atoms with van der Waals surface area (Å²) in [5, 5.41) is 8.77. The monoisotopic (exact) mass is 416 g/mol. The van der Waals surface area contributed by atoms with Crippen molar-refractivity contribution in [3.63, 3.8) is 0 Å². The van der Waals surface area contributed by atoms with Gasteiger partial charge in [0.1, 0.15) is 5.75 Å². The predicted molar refractivity (Wildman–Crippen MR) is 122 cm³/mol. The fraction of sp³-hybridized carbons (Fsp3) is 0.320. The number of hydrogen-bond acceptors (Lipinski definition) is 5. The molecule has 0 bridgehead atoms. The summed E-state index contributed by atoms with van der Waals surface area (Å²) in [5.74, 6) is 1.67. The van der Waals surface area contributed by atoms with Crippen molar-refractivity contribution in [1.29, 1.82) is 0 Å². The summed E-state index contributed by atoms with van der Waals surface area (Å²) >= 11 is 0. The predicted octanol–water partition coefficient (Wildman–Crippen LogP) is 3.80. The summed E-state index contributed by atoms with van der Waals surface area (Å²) in [4.78, 5) is 16.7. The second kappa shape index (κ2) is 9.16. The SMILES string of the molecule is Cc1cc(C)c(OCC(=O)N2CCN(c3ccc(-c4ccccc4)nn3)CC2)c(C)c1. The van der Waals surface area contributed by atoms with Crippen LogP contribution in [0.3, 0.4) is 0 Å². The lowest BCUT2D eigenvalue weighted by Crippen LogP contribution is -2.50. The summed E-state index contributed by atoms with van der Waals surface area (Å²) in [5.41, 5.74) is 5.23. The van der Waals surface area contributed by atoms with E-state index >= 15 is 0 Å². The molecule has 1 saturated heterocycles. The van der Waals surface area contributed by atoms with E-state index in [9.17, 15) is 4.79 Å². The topological polar surface area (TPSA) is 58.6 Å². The van der Waals surface area contributed by atoms with Gasteiger partial charge in [-0.3, -0.25) is 4.79 Å². The summed E-state index contributed by atoms with van der Waals surface area (Å²) in [6.45, 7) is 8.92. The Labute approximate surface area is 183 Å². The van der Waals surface area contributed by atoms with Crippen molar-refractivity contribution in [2.75, 3.05) is 37.7 Å². The maximum absolute atomic E-state index is 12.7. The van der Waals surface area contributed by atoms with Gasteiger partial charge in [-0.25, -0.2) is 0 Å². The lowest BCUT2D eigenvalue weighted by Gasteiger charge is -2.35. The second-order valence-electron chi connectivity index (χ2n) is 8.03. The average Bonchev–Trinajstić information content (AvgIpc) is 2.79. The number of carbonyl (C=O) groups excluding carboxylic acids is 1. The van der Waals surface area contributed by atoms with Crippen LogP contribution in [0.1, 0.15) is 16.7 Å². The largest absolute Gasteiger partial charge is 0.483 e. The van der Waals surface area contributed by atoms with E-state index in [1.54, 1.807) is 0 Å². The van der Waals surface area contributed by atoms with Crippen molar-refractivity contribution in [3.8, 4) is 17.0 Å². The molecule has 160 valence electrons. The molecule has 1 amide bonds. The number of carbonyl (C=O) groups is 1. The van der Waals surface area contributed by atoms with Gasteiger partial charge in [0.2, 0.25) is 0 Å². The fourth-order valence-corrected chi connectivity index (χ4v) is 4.06. The first-order valence-electron chi connectivity index (χ1n) is 10.6. The molecule has 0 unspecified atom stereocenters. The second-order valence-corrected chi connectivity index (χ2v) is 8.03. The third kappa shape index (κ3) is 4.85. The molecule has 1 aliphatic heterocycles.